The van der Waals surface area contributed by atoms with E-state index in [1.165, 1.54) is 25.7 Å². The van der Waals surface area contributed by atoms with Crippen molar-refractivity contribution in [1.82, 2.24) is 0 Å². The fourth-order valence-corrected chi connectivity index (χ4v) is 3.20. The van der Waals surface area contributed by atoms with Gasteiger partial charge in [0.05, 0.1) is 0 Å². The molecule has 0 aromatic rings. The number of aldehydes is 2. The Morgan fingerprint density at radius 3 is 1.26 bits per heavy atom. The summed E-state index contributed by atoms with van der Waals surface area (Å²) in [6.07, 6.45) is 24.1. The van der Waals surface area contributed by atoms with Gasteiger partial charge in [-0.15, -0.1) is 0 Å². The van der Waals surface area contributed by atoms with Gasteiger partial charge in [-0.1, -0.05) is 50.7 Å². The molecule has 0 fully saturated rings. The lowest BCUT2D eigenvalue weighted by atomic mass is 10.1. The molecule has 0 saturated carbocycles. The van der Waals surface area contributed by atoms with Gasteiger partial charge < -0.3 is 23.8 Å². The number of ether oxygens (including phenoxy) is 3. The van der Waals surface area contributed by atoms with Gasteiger partial charge in [0, 0.05) is 26.1 Å². The van der Waals surface area contributed by atoms with E-state index < -0.39 is 12.6 Å². The Hall–Kier alpha value is -1.30. The molecule has 5 heteroatoms. The minimum absolute atomic E-state index is 0.406. The molecule has 0 aliphatic carbocycles. The molecule has 180 valence electrons. The van der Waals surface area contributed by atoms with Crippen LogP contribution >= 0.6 is 0 Å². The highest BCUT2D eigenvalue weighted by atomic mass is 16.8. The maximum Gasteiger partial charge on any atom is 0.180 e. The highest BCUT2D eigenvalue weighted by Gasteiger charge is 2.12. The molecule has 0 heterocycles. The van der Waals surface area contributed by atoms with E-state index in [9.17, 15) is 9.59 Å². The van der Waals surface area contributed by atoms with Gasteiger partial charge >= 0.3 is 0 Å². The predicted octanol–water partition coefficient (Wildman–Crippen LogP) is 6.70. The molecule has 0 aromatic heterocycles. The number of rotatable bonds is 24. The molecule has 31 heavy (non-hydrogen) atoms. The first-order valence-corrected chi connectivity index (χ1v) is 12.4. The van der Waals surface area contributed by atoms with Crippen molar-refractivity contribution < 1.29 is 23.8 Å². The third kappa shape index (κ3) is 21.7. The molecule has 0 aromatic carbocycles. The minimum atomic E-state index is -0.406. The maximum absolute atomic E-state index is 10.3. The van der Waals surface area contributed by atoms with Crippen molar-refractivity contribution in [1.29, 1.82) is 0 Å². The van der Waals surface area contributed by atoms with Crippen LogP contribution in [0.5, 0.6) is 0 Å². The predicted molar refractivity (Wildman–Crippen MR) is 127 cm³/mol. The first-order chi connectivity index (χ1) is 15.3. The van der Waals surface area contributed by atoms with E-state index in [1.54, 1.807) is 0 Å². The Morgan fingerprint density at radius 2 is 0.903 bits per heavy atom. The summed E-state index contributed by atoms with van der Waals surface area (Å²) < 4.78 is 17.4. The molecular formula is C26H46O5. The first-order valence-electron chi connectivity index (χ1n) is 12.4. The normalized spacial score (nSPS) is 13.7. The van der Waals surface area contributed by atoms with Crippen LogP contribution in [0.15, 0.2) is 24.3 Å². The summed E-state index contributed by atoms with van der Waals surface area (Å²) in [5.74, 6) is 0. The smallest absolute Gasteiger partial charge is 0.180 e. The second kappa shape index (κ2) is 25.0. The quantitative estimate of drug-likeness (QED) is 0.0726. The molecule has 5 nitrogen and oxygen atoms in total. The SMILES string of the molecule is CCOC(C=CCCCCCCCC=O)OC(C=CCCCCCCCC=O)OCC. The fourth-order valence-electron chi connectivity index (χ4n) is 3.20. The van der Waals surface area contributed by atoms with Gasteiger partial charge in [0.1, 0.15) is 12.6 Å². The lowest BCUT2D eigenvalue weighted by molar-refractivity contribution is -0.204. The monoisotopic (exact) mass is 438 g/mol. The molecular weight excluding hydrogens is 392 g/mol. The molecule has 0 aliphatic heterocycles. The van der Waals surface area contributed by atoms with Gasteiger partial charge in [0.2, 0.25) is 0 Å². The van der Waals surface area contributed by atoms with Crippen molar-refractivity contribution in [3.63, 3.8) is 0 Å². The summed E-state index contributed by atoms with van der Waals surface area (Å²) in [5, 5.41) is 0. The van der Waals surface area contributed by atoms with Crippen molar-refractivity contribution in [2.75, 3.05) is 13.2 Å². The summed E-state index contributed by atoms with van der Waals surface area (Å²) >= 11 is 0. The molecule has 0 radical (unpaired) electrons. The summed E-state index contributed by atoms with van der Waals surface area (Å²) in [6.45, 7) is 5.09. The number of carbonyl (C=O) groups excluding carboxylic acids is 2. The Balaban J connectivity index is 4.14. The molecule has 2 unspecified atom stereocenters. The number of allylic oxidation sites excluding steroid dienone is 2. The number of hydrogen-bond donors (Lipinski definition) is 0. The Morgan fingerprint density at radius 1 is 0.548 bits per heavy atom. The minimum Gasteiger partial charge on any atom is -0.349 e. The van der Waals surface area contributed by atoms with Crippen molar-refractivity contribution in [3.8, 4) is 0 Å². The van der Waals surface area contributed by atoms with E-state index in [0.717, 1.165) is 63.9 Å². The van der Waals surface area contributed by atoms with Crippen LogP contribution in [0.25, 0.3) is 0 Å². The Labute approximate surface area is 190 Å². The van der Waals surface area contributed by atoms with Crippen LogP contribution < -0.4 is 0 Å². The van der Waals surface area contributed by atoms with Crippen molar-refractivity contribution >= 4 is 12.6 Å². The van der Waals surface area contributed by atoms with E-state index in [-0.39, 0.29) is 0 Å². The zero-order chi connectivity index (χ0) is 22.8. The Kier molecular flexibility index (Phi) is 23.9. The third-order valence-electron chi connectivity index (χ3n) is 4.90. The number of carbonyl (C=O) groups is 2. The summed E-state index contributed by atoms with van der Waals surface area (Å²) in [6, 6.07) is 0. The van der Waals surface area contributed by atoms with Crippen molar-refractivity contribution in [3.05, 3.63) is 24.3 Å². The first kappa shape index (κ1) is 29.7. The van der Waals surface area contributed by atoms with Crippen LogP contribution in [0.3, 0.4) is 0 Å². The highest BCUT2D eigenvalue weighted by molar-refractivity contribution is 5.49. The summed E-state index contributed by atoms with van der Waals surface area (Å²) in [7, 11) is 0. The largest absolute Gasteiger partial charge is 0.349 e. The standard InChI is InChI=1S/C26H46O5/c1-3-29-25(21-17-13-9-5-7-11-15-19-23-27)31-26(30-4-2)22-18-14-10-6-8-12-16-20-24-28/h17-18,21-26H,3-16,19-20H2,1-2H3. The van der Waals surface area contributed by atoms with Crippen LogP contribution in [0.1, 0.15) is 104 Å². The van der Waals surface area contributed by atoms with Gasteiger partial charge in [-0.25, -0.2) is 0 Å². The zero-order valence-corrected chi connectivity index (χ0v) is 20.0. The molecule has 0 rings (SSSR count). The average Bonchev–Trinajstić information content (AvgIpc) is 2.77. The fraction of sp³-hybridized carbons (Fsp3) is 0.769. The van der Waals surface area contributed by atoms with E-state index in [1.807, 2.05) is 26.0 Å². The zero-order valence-electron chi connectivity index (χ0n) is 20.0. The van der Waals surface area contributed by atoms with E-state index in [0.29, 0.717) is 26.1 Å². The van der Waals surface area contributed by atoms with Crippen LogP contribution in [-0.4, -0.2) is 38.4 Å². The Bertz CT molecular complexity index is 407. The van der Waals surface area contributed by atoms with Gasteiger partial charge in [-0.05, 0) is 64.5 Å². The van der Waals surface area contributed by atoms with Crippen LogP contribution in [0.2, 0.25) is 0 Å². The lowest BCUT2D eigenvalue weighted by Gasteiger charge is -2.20. The lowest BCUT2D eigenvalue weighted by Crippen LogP contribution is -2.24. The molecule has 0 spiro atoms. The van der Waals surface area contributed by atoms with Gasteiger partial charge in [0.25, 0.3) is 0 Å². The molecule has 0 amide bonds. The number of hydrogen-bond acceptors (Lipinski definition) is 5. The average molecular weight is 439 g/mol. The second-order valence-corrected chi connectivity index (χ2v) is 7.66. The molecule has 0 bridgehead atoms. The van der Waals surface area contributed by atoms with Crippen LogP contribution in [-0.2, 0) is 23.8 Å². The molecule has 0 aliphatic rings. The van der Waals surface area contributed by atoms with E-state index >= 15 is 0 Å². The summed E-state index contributed by atoms with van der Waals surface area (Å²) in [4.78, 5) is 20.6. The van der Waals surface area contributed by atoms with Crippen molar-refractivity contribution in [2.24, 2.45) is 0 Å². The third-order valence-corrected chi connectivity index (χ3v) is 4.90. The topological polar surface area (TPSA) is 61.8 Å². The molecule has 2 atom stereocenters. The highest BCUT2D eigenvalue weighted by Crippen LogP contribution is 2.11. The van der Waals surface area contributed by atoms with Gasteiger partial charge in [0.15, 0.2) is 12.6 Å². The van der Waals surface area contributed by atoms with Gasteiger partial charge in [-0.3, -0.25) is 0 Å². The molecule has 0 N–H and O–H groups in total. The summed E-state index contributed by atoms with van der Waals surface area (Å²) in [5.41, 5.74) is 0. The van der Waals surface area contributed by atoms with Crippen LogP contribution in [0.4, 0.5) is 0 Å². The van der Waals surface area contributed by atoms with E-state index in [4.69, 9.17) is 14.2 Å². The number of unbranched alkanes of at least 4 members (excludes halogenated alkanes) is 12. The molecule has 0 saturated heterocycles. The van der Waals surface area contributed by atoms with E-state index in [2.05, 4.69) is 12.2 Å². The van der Waals surface area contributed by atoms with Crippen LogP contribution in [0, 0.1) is 0 Å². The maximum atomic E-state index is 10.3. The van der Waals surface area contributed by atoms with Crippen molar-refractivity contribution in [2.45, 2.75) is 116 Å². The van der Waals surface area contributed by atoms with Gasteiger partial charge in [-0.2, -0.15) is 0 Å². The second-order valence-electron chi connectivity index (χ2n) is 7.66.